The monoisotopic (exact) mass is 314 g/mol. The van der Waals surface area contributed by atoms with Crippen LogP contribution in [0, 0.1) is 0 Å². The minimum Gasteiger partial charge on any atom is -0.449 e. The largest absolute Gasteiger partial charge is 0.449 e. The number of carbonyl (C=O) groups excluding carboxylic acids is 2. The molecule has 0 aromatic heterocycles. The van der Waals surface area contributed by atoms with Gasteiger partial charge in [0.25, 0.3) is 5.91 Å². The molecule has 1 aromatic rings. The van der Waals surface area contributed by atoms with Crippen molar-refractivity contribution in [3.8, 4) is 0 Å². The maximum absolute atomic E-state index is 12.0. The van der Waals surface area contributed by atoms with E-state index in [4.69, 9.17) is 10.5 Å². The van der Waals surface area contributed by atoms with Crippen molar-refractivity contribution >= 4 is 21.9 Å². The lowest BCUT2D eigenvalue weighted by Crippen LogP contribution is -2.31. The number of hydrogen-bond acceptors (Lipinski definition) is 5. The normalized spacial score (nSPS) is 13.0. The molecule has 1 amide bonds. The SMILES string of the molecule is CC(C)NS(=O)(=O)c1cccc(C(=O)O[C@@H](C)C(N)=O)c1. The van der Waals surface area contributed by atoms with Gasteiger partial charge in [0.05, 0.1) is 10.5 Å². The number of amides is 1. The Hall–Kier alpha value is -1.93. The van der Waals surface area contributed by atoms with Gasteiger partial charge in [-0.3, -0.25) is 4.79 Å². The summed E-state index contributed by atoms with van der Waals surface area (Å²) in [6.45, 7) is 4.70. The fourth-order valence-corrected chi connectivity index (χ4v) is 2.75. The fourth-order valence-electron chi connectivity index (χ4n) is 1.46. The highest BCUT2D eigenvalue weighted by Crippen LogP contribution is 2.13. The van der Waals surface area contributed by atoms with Gasteiger partial charge in [0, 0.05) is 6.04 Å². The summed E-state index contributed by atoms with van der Waals surface area (Å²) < 4.78 is 31.2. The van der Waals surface area contributed by atoms with Crippen LogP contribution >= 0.6 is 0 Å². The van der Waals surface area contributed by atoms with Gasteiger partial charge >= 0.3 is 5.97 Å². The molecule has 8 heteroatoms. The summed E-state index contributed by atoms with van der Waals surface area (Å²) in [4.78, 5) is 22.6. The first-order valence-corrected chi connectivity index (χ1v) is 7.74. The standard InChI is InChI=1S/C13H18N2O5S/c1-8(2)15-21(18,19)11-6-4-5-10(7-11)13(17)20-9(3)12(14)16/h4-9,15H,1-3H3,(H2,14,16)/t9-/m0/s1. The number of nitrogens with one attached hydrogen (secondary N) is 1. The molecule has 116 valence electrons. The first-order valence-electron chi connectivity index (χ1n) is 6.26. The molecule has 0 saturated carbocycles. The van der Waals surface area contributed by atoms with Crippen LogP contribution in [0.4, 0.5) is 0 Å². The second-order valence-electron chi connectivity index (χ2n) is 4.75. The summed E-state index contributed by atoms with van der Waals surface area (Å²) in [6, 6.07) is 5.07. The lowest BCUT2D eigenvalue weighted by molar-refractivity contribution is -0.125. The van der Waals surface area contributed by atoms with Crippen LogP contribution in [0.15, 0.2) is 29.2 Å². The number of hydrogen-bond donors (Lipinski definition) is 2. The van der Waals surface area contributed by atoms with E-state index in [1.807, 2.05) is 0 Å². The van der Waals surface area contributed by atoms with Gasteiger partial charge < -0.3 is 10.5 Å². The molecule has 0 aliphatic rings. The molecule has 21 heavy (non-hydrogen) atoms. The Labute approximate surface area is 123 Å². The number of esters is 1. The van der Waals surface area contributed by atoms with Gasteiger partial charge in [-0.15, -0.1) is 0 Å². The van der Waals surface area contributed by atoms with E-state index in [0.29, 0.717) is 0 Å². The highest BCUT2D eigenvalue weighted by molar-refractivity contribution is 7.89. The van der Waals surface area contributed by atoms with Crippen molar-refractivity contribution in [1.82, 2.24) is 4.72 Å². The third kappa shape index (κ3) is 4.83. The summed E-state index contributed by atoms with van der Waals surface area (Å²) in [5.41, 5.74) is 5.02. The molecule has 0 heterocycles. The molecule has 1 aromatic carbocycles. The molecule has 0 bridgehead atoms. The zero-order valence-electron chi connectivity index (χ0n) is 12.0. The van der Waals surface area contributed by atoms with Crippen molar-refractivity contribution in [2.45, 2.75) is 37.8 Å². The highest BCUT2D eigenvalue weighted by Gasteiger charge is 2.20. The van der Waals surface area contributed by atoms with Crippen molar-refractivity contribution in [3.05, 3.63) is 29.8 Å². The predicted molar refractivity (Wildman–Crippen MR) is 76.0 cm³/mol. The second-order valence-corrected chi connectivity index (χ2v) is 6.47. The maximum Gasteiger partial charge on any atom is 0.338 e. The second kappa shape index (κ2) is 6.68. The van der Waals surface area contributed by atoms with E-state index in [1.165, 1.54) is 31.2 Å². The Morgan fingerprint density at radius 2 is 1.86 bits per heavy atom. The molecule has 0 saturated heterocycles. The Balaban J connectivity index is 3.01. The fraction of sp³-hybridized carbons (Fsp3) is 0.385. The topological polar surface area (TPSA) is 116 Å². The summed E-state index contributed by atoms with van der Waals surface area (Å²) in [5, 5.41) is 0. The minimum absolute atomic E-state index is 0.0229. The van der Waals surface area contributed by atoms with Crippen LogP contribution < -0.4 is 10.5 Å². The van der Waals surface area contributed by atoms with Crippen molar-refractivity contribution < 1.29 is 22.7 Å². The van der Waals surface area contributed by atoms with Crippen molar-refractivity contribution in [2.24, 2.45) is 5.73 Å². The molecule has 0 unspecified atom stereocenters. The van der Waals surface area contributed by atoms with Gasteiger partial charge in [-0.2, -0.15) is 0 Å². The highest BCUT2D eigenvalue weighted by atomic mass is 32.2. The number of primary amides is 1. The Kier molecular flexibility index (Phi) is 5.45. The quantitative estimate of drug-likeness (QED) is 0.738. The van der Waals surface area contributed by atoms with Gasteiger partial charge in [0.1, 0.15) is 0 Å². The molecular weight excluding hydrogens is 296 g/mol. The third-order valence-electron chi connectivity index (χ3n) is 2.46. The van der Waals surface area contributed by atoms with E-state index >= 15 is 0 Å². The van der Waals surface area contributed by atoms with Crippen LogP contribution in [-0.4, -0.2) is 32.4 Å². The molecule has 0 spiro atoms. The molecule has 0 fully saturated rings. The molecule has 3 N–H and O–H groups in total. The van der Waals surface area contributed by atoms with Crippen molar-refractivity contribution in [3.63, 3.8) is 0 Å². The lowest BCUT2D eigenvalue weighted by atomic mass is 10.2. The third-order valence-corrected chi connectivity index (χ3v) is 4.11. The first-order chi connectivity index (χ1) is 9.63. The molecular formula is C13H18N2O5S. The molecule has 0 radical (unpaired) electrons. The van der Waals surface area contributed by atoms with Crippen LogP contribution in [0.25, 0.3) is 0 Å². The average Bonchev–Trinajstić information content (AvgIpc) is 2.37. The number of carbonyl (C=O) groups is 2. The van der Waals surface area contributed by atoms with E-state index in [2.05, 4.69) is 4.72 Å². The van der Waals surface area contributed by atoms with Crippen LogP contribution in [-0.2, 0) is 19.6 Å². The van der Waals surface area contributed by atoms with Gasteiger partial charge in [-0.1, -0.05) is 6.07 Å². The van der Waals surface area contributed by atoms with Gasteiger partial charge in [0.2, 0.25) is 10.0 Å². The van der Waals surface area contributed by atoms with E-state index in [0.717, 1.165) is 0 Å². The summed E-state index contributed by atoms with van der Waals surface area (Å²) >= 11 is 0. The molecule has 0 aliphatic heterocycles. The molecule has 1 rings (SSSR count). The summed E-state index contributed by atoms with van der Waals surface area (Å²) in [5.74, 6) is -1.60. The zero-order valence-corrected chi connectivity index (χ0v) is 12.8. The predicted octanol–water partition coefficient (Wildman–Crippen LogP) is 0.404. The van der Waals surface area contributed by atoms with E-state index in [1.54, 1.807) is 13.8 Å². The summed E-state index contributed by atoms with van der Waals surface area (Å²) in [6.07, 6.45) is -1.09. The van der Waals surface area contributed by atoms with Crippen LogP contribution in [0.2, 0.25) is 0 Å². The average molecular weight is 314 g/mol. The number of sulfonamides is 1. The van der Waals surface area contributed by atoms with Crippen molar-refractivity contribution in [2.75, 3.05) is 0 Å². The van der Waals surface area contributed by atoms with Gasteiger partial charge in [-0.05, 0) is 39.0 Å². The van der Waals surface area contributed by atoms with Crippen LogP contribution in [0.5, 0.6) is 0 Å². The molecule has 0 aliphatic carbocycles. The van der Waals surface area contributed by atoms with Crippen molar-refractivity contribution in [1.29, 1.82) is 0 Å². The Morgan fingerprint density at radius 1 is 1.24 bits per heavy atom. The zero-order chi connectivity index (χ0) is 16.2. The summed E-state index contributed by atoms with van der Waals surface area (Å²) in [7, 11) is -3.71. The Morgan fingerprint density at radius 3 is 2.38 bits per heavy atom. The lowest BCUT2D eigenvalue weighted by Gasteiger charge is -2.12. The first kappa shape index (κ1) is 17.1. The van der Waals surface area contributed by atoms with E-state index in [-0.39, 0.29) is 16.5 Å². The smallest absolute Gasteiger partial charge is 0.338 e. The molecule has 1 atom stereocenters. The van der Waals surface area contributed by atoms with E-state index in [9.17, 15) is 18.0 Å². The maximum atomic E-state index is 12.0. The number of nitrogens with two attached hydrogens (primary N) is 1. The van der Waals surface area contributed by atoms with Crippen LogP contribution in [0.1, 0.15) is 31.1 Å². The minimum atomic E-state index is -3.71. The Bertz CT molecular complexity index is 640. The van der Waals surface area contributed by atoms with Crippen LogP contribution in [0.3, 0.4) is 0 Å². The number of ether oxygens (including phenoxy) is 1. The number of rotatable bonds is 6. The van der Waals surface area contributed by atoms with Gasteiger partial charge in [0.15, 0.2) is 6.10 Å². The van der Waals surface area contributed by atoms with E-state index < -0.39 is 28.0 Å². The van der Waals surface area contributed by atoms with Gasteiger partial charge in [-0.25, -0.2) is 17.9 Å². The number of benzene rings is 1. The molecule has 7 nitrogen and oxygen atoms in total.